The maximum Gasteiger partial charge on any atom is 0.338 e. The lowest BCUT2D eigenvalue weighted by Crippen LogP contribution is -2.42. The molecule has 1 aliphatic rings. The maximum atomic E-state index is 14.3. The molecule has 8 nitrogen and oxygen atoms in total. The third-order valence-corrected chi connectivity index (χ3v) is 6.74. The number of anilines is 1. The molecule has 3 aromatic rings. The lowest BCUT2D eigenvalue weighted by atomic mass is 10.1. The summed E-state index contributed by atoms with van der Waals surface area (Å²) in [6.07, 6.45) is 0.320. The summed E-state index contributed by atoms with van der Waals surface area (Å²) in [4.78, 5) is 40.2. The van der Waals surface area contributed by atoms with Crippen LogP contribution in [0, 0.1) is 25.5 Å². The molecule has 1 aromatic heterocycles. The number of amides is 2. The van der Waals surface area contributed by atoms with E-state index in [4.69, 9.17) is 4.74 Å². The molecule has 39 heavy (non-hydrogen) atoms. The van der Waals surface area contributed by atoms with Gasteiger partial charge in [-0.15, -0.1) is 0 Å². The van der Waals surface area contributed by atoms with Crippen LogP contribution < -0.4 is 10.2 Å². The summed E-state index contributed by atoms with van der Waals surface area (Å²) in [7, 11) is 0. The van der Waals surface area contributed by atoms with Crippen LogP contribution in [0.3, 0.4) is 0 Å². The van der Waals surface area contributed by atoms with Gasteiger partial charge in [0, 0.05) is 34.0 Å². The van der Waals surface area contributed by atoms with E-state index >= 15 is 0 Å². The topological polar surface area (TPSA) is 93.5 Å². The lowest BCUT2D eigenvalue weighted by molar-refractivity contribution is -0.126. The van der Waals surface area contributed by atoms with Gasteiger partial charge in [0.2, 0.25) is 11.8 Å². The van der Waals surface area contributed by atoms with E-state index < -0.39 is 29.2 Å². The van der Waals surface area contributed by atoms with Crippen molar-refractivity contribution in [2.45, 2.75) is 59.1 Å². The zero-order valence-corrected chi connectivity index (χ0v) is 23.9. The minimum absolute atomic E-state index is 0.0655. The molecule has 1 atom stereocenters. The van der Waals surface area contributed by atoms with Crippen LogP contribution in [0.15, 0.2) is 40.9 Å². The number of nitrogens with one attached hydrogen (secondary N) is 1. The first kappa shape index (κ1) is 28.4. The molecule has 0 aliphatic carbocycles. The Bertz CT molecular complexity index is 1460. The number of hydrogen-bond acceptors (Lipinski definition) is 5. The number of carbonyl (C=O) groups excluding carboxylic acids is 3. The van der Waals surface area contributed by atoms with Gasteiger partial charge >= 0.3 is 5.97 Å². The second-order valence-electron chi connectivity index (χ2n) is 10.4. The van der Waals surface area contributed by atoms with Gasteiger partial charge in [0.15, 0.2) is 5.82 Å². The molecule has 4 rings (SSSR count). The van der Waals surface area contributed by atoms with Crippen molar-refractivity contribution in [3.8, 4) is 5.69 Å². The number of carbonyl (C=O) groups is 3. The van der Waals surface area contributed by atoms with Crippen molar-refractivity contribution in [1.29, 1.82) is 0 Å². The highest BCUT2D eigenvalue weighted by Crippen LogP contribution is 2.28. The number of nitrogens with zero attached hydrogens (tertiary/aromatic N) is 3. The normalized spacial score (nSPS) is 15.5. The molecule has 206 valence electrons. The molecule has 0 saturated carbocycles. The summed E-state index contributed by atoms with van der Waals surface area (Å²) >= 11 is 3.40. The Hall–Kier alpha value is -3.60. The first-order valence-electron chi connectivity index (χ1n) is 12.4. The molecule has 0 spiro atoms. The van der Waals surface area contributed by atoms with E-state index in [0.717, 1.165) is 12.1 Å². The van der Waals surface area contributed by atoms with E-state index in [2.05, 4.69) is 26.3 Å². The average molecular weight is 603 g/mol. The summed E-state index contributed by atoms with van der Waals surface area (Å²) in [6.45, 7) is 9.07. The van der Waals surface area contributed by atoms with Crippen LogP contribution in [0.1, 0.15) is 54.5 Å². The second-order valence-corrected chi connectivity index (χ2v) is 11.3. The van der Waals surface area contributed by atoms with Crippen LogP contribution >= 0.6 is 15.9 Å². The van der Waals surface area contributed by atoms with Gasteiger partial charge in [-0.2, -0.15) is 5.10 Å². The summed E-state index contributed by atoms with van der Waals surface area (Å²) in [6, 6.07) is 7.41. The van der Waals surface area contributed by atoms with Gasteiger partial charge in [0.25, 0.3) is 0 Å². The van der Waals surface area contributed by atoms with Gasteiger partial charge in [-0.3, -0.25) is 9.59 Å². The average Bonchev–Trinajstić information content (AvgIpc) is 3.31. The Morgan fingerprint density at radius 1 is 1.15 bits per heavy atom. The molecule has 11 heteroatoms. The van der Waals surface area contributed by atoms with Crippen LogP contribution in [0.2, 0.25) is 0 Å². The molecule has 1 N–H and O–H groups in total. The Morgan fingerprint density at radius 2 is 1.87 bits per heavy atom. The minimum Gasteiger partial charge on any atom is -0.456 e. The van der Waals surface area contributed by atoms with Crippen molar-refractivity contribution >= 4 is 39.4 Å². The highest BCUT2D eigenvalue weighted by molar-refractivity contribution is 9.10. The molecular formula is C28H29BrF2N4O4. The highest BCUT2D eigenvalue weighted by atomic mass is 79.9. The first-order valence-corrected chi connectivity index (χ1v) is 13.2. The Labute approximate surface area is 233 Å². The summed E-state index contributed by atoms with van der Waals surface area (Å²) in [5, 5.41) is 7.12. The molecule has 2 aromatic carbocycles. The van der Waals surface area contributed by atoms with Crippen molar-refractivity contribution in [2.75, 3.05) is 11.4 Å². The Kier molecular flexibility index (Phi) is 7.92. The smallest absolute Gasteiger partial charge is 0.338 e. The van der Waals surface area contributed by atoms with Crippen LogP contribution in [0.4, 0.5) is 14.5 Å². The fourth-order valence-corrected chi connectivity index (χ4v) is 4.96. The number of rotatable bonds is 6. The fourth-order valence-electron chi connectivity index (χ4n) is 4.48. The van der Waals surface area contributed by atoms with E-state index in [0.29, 0.717) is 45.6 Å². The van der Waals surface area contributed by atoms with Crippen LogP contribution in [-0.4, -0.2) is 45.8 Å². The highest BCUT2D eigenvalue weighted by Gasteiger charge is 2.34. The molecule has 0 radical (unpaired) electrons. The number of ether oxygens (including phenoxy) is 1. The standard InChI is InChI=1S/C28H29BrF2N4O4/c1-15-21(16(2)35(33-15)24-7-6-19(30)13-22(24)31)14-25(36)32-23-8-9-34(26(23)37)20-11-17(10-18(29)12-20)27(38)39-28(3,4)5/h6-7,10-13,23H,8-9,14H2,1-5H3,(H,32,36). The number of benzene rings is 2. The zero-order valence-electron chi connectivity index (χ0n) is 22.3. The van der Waals surface area contributed by atoms with E-state index in [-0.39, 0.29) is 23.9 Å². The molecule has 1 saturated heterocycles. The number of hydrogen-bond donors (Lipinski definition) is 1. The van der Waals surface area contributed by atoms with Gasteiger partial charge < -0.3 is 15.0 Å². The quantitative estimate of drug-likeness (QED) is 0.403. The molecule has 2 heterocycles. The van der Waals surface area contributed by atoms with Crippen molar-refractivity contribution in [2.24, 2.45) is 0 Å². The predicted molar refractivity (Wildman–Crippen MR) is 145 cm³/mol. The van der Waals surface area contributed by atoms with E-state index in [1.54, 1.807) is 52.8 Å². The predicted octanol–water partition coefficient (Wildman–Crippen LogP) is 4.95. The zero-order chi connectivity index (χ0) is 28.6. The summed E-state index contributed by atoms with van der Waals surface area (Å²) in [5.74, 6) is -2.65. The number of aromatic nitrogens is 2. The largest absolute Gasteiger partial charge is 0.456 e. The van der Waals surface area contributed by atoms with Crippen LogP contribution in [0.25, 0.3) is 5.69 Å². The van der Waals surface area contributed by atoms with Gasteiger partial charge in [-0.1, -0.05) is 15.9 Å². The third-order valence-electron chi connectivity index (χ3n) is 6.29. The molecule has 0 bridgehead atoms. The number of halogens is 3. The molecule has 1 aliphatic heterocycles. The summed E-state index contributed by atoms with van der Waals surface area (Å²) < 4.78 is 35.1. The van der Waals surface area contributed by atoms with Crippen molar-refractivity contribution < 1.29 is 27.9 Å². The minimum atomic E-state index is -0.768. The Morgan fingerprint density at radius 3 is 2.54 bits per heavy atom. The number of aryl methyl sites for hydroxylation is 1. The Balaban J connectivity index is 1.46. The first-order chi connectivity index (χ1) is 18.2. The molecule has 1 fully saturated rings. The monoisotopic (exact) mass is 602 g/mol. The lowest BCUT2D eigenvalue weighted by Gasteiger charge is -2.21. The van der Waals surface area contributed by atoms with Gasteiger partial charge in [-0.05, 0) is 71.4 Å². The number of esters is 1. The molecule has 2 amide bonds. The van der Waals surface area contributed by atoms with E-state index in [1.807, 2.05) is 0 Å². The third kappa shape index (κ3) is 6.35. The van der Waals surface area contributed by atoms with Crippen LogP contribution in [-0.2, 0) is 20.7 Å². The fraction of sp³-hybridized carbons (Fsp3) is 0.357. The van der Waals surface area contributed by atoms with Crippen molar-refractivity contribution in [3.63, 3.8) is 0 Å². The van der Waals surface area contributed by atoms with E-state index in [1.165, 1.54) is 15.6 Å². The van der Waals surface area contributed by atoms with Crippen molar-refractivity contribution in [3.05, 3.63) is 75.0 Å². The maximum absolute atomic E-state index is 14.3. The van der Waals surface area contributed by atoms with Gasteiger partial charge in [0.05, 0.1) is 17.7 Å². The second kappa shape index (κ2) is 10.9. The SMILES string of the molecule is Cc1nn(-c2ccc(F)cc2F)c(C)c1CC(=O)NC1CCN(c2cc(Br)cc(C(=O)OC(C)(C)C)c2)C1=O. The molecular weight excluding hydrogens is 574 g/mol. The van der Waals surface area contributed by atoms with E-state index in [9.17, 15) is 23.2 Å². The van der Waals surface area contributed by atoms with Crippen molar-refractivity contribution in [1.82, 2.24) is 15.1 Å². The molecule has 1 unspecified atom stereocenters. The van der Waals surface area contributed by atoms with Crippen LogP contribution in [0.5, 0.6) is 0 Å². The summed E-state index contributed by atoms with van der Waals surface area (Å²) in [5.41, 5.74) is 1.87. The van der Waals surface area contributed by atoms with Gasteiger partial charge in [-0.25, -0.2) is 18.3 Å². The van der Waals surface area contributed by atoms with Gasteiger partial charge in [0.1, 0.15) is 23.1 Å².